The second-order valence-electron chi connectivity index (χ2n) is 11.6. The van der Waals surface area contributed by atoms with Crippen LogP contribution in [-0.2, 0) is 12.8 Å². The van der Waals surface area contributed by atoms with Gasteiger partial charge in [0.1, 0.15) is 6.07 Å². The fourth-order valence-electron chi connectivity index (χ4n) is 6.91. The van der Waals surface area contributed by atoms with Gasteiger partial charge in [0.05, 0.1) is 11.1 Å². The Morgan fingerprint density at radius 1 is 1.05 bits per heavy atom. The van der Waals surface area contributed by atoms with Crippen molar-refractivity contribution in [2.75, 3.05) is 37.6 Å². The van der Waals surface area contributed by atoms with Crippen molar-refractivity contribution < 1.29 is 0 Å². The topological polar surface area (TPSA) is 59.3 Å². The number of hydrogen-bond acceptors (Lipinski definition) is 6. The van der Waals surface area contributed by atoms with Gasteiger partial charge in [-0.2, -0.15) is 5.26 Å². The van der Waals surface area contributed by atoms with E-state index in [0.29, 0.717) is 23.7 Å². The molecule has 0 spiro atoms. The van der Waals surface area contributed by atoms with E-state index in [-0.39, 0.29) is 0 Å². The lowest BCUT2D eigenvalue weighted by molar-refractivity contribution is 0.151. The van der Waals surface area contributed by atoms with Gasteiger partial charge in [-0.15, -0.1) is 0 Å². The smallest absolute Gasteiger partial charge is 0.101 e. The summed E-state index contributed by atoms with van der Waals surface area (Å²) in [6, 6.07) is 14.4. The number of nitriles is 1. The first-order chi connectivity index (χ1) is 19.0. The average Bonchev–Trinajstić information content (AvgIpc) is 3.38. The van der Waals surface area contributed by atoms with Gasteiger partial charge in [0.2, 0.25) is 0 Å². The molecule has 0 aliphatic carbocycles. The van der Waals surface area contributed by atoms with Crippen molar-refractivity contribution in [3.05, 3.63) is 65.1 Å². The number of hydrogen-bond donors (Lipinski definition) is 0. The van der Waals surface area contributed by atoms with E-state index in [4.69, 9.17) is 4.98 Å². The van der Waals surface area contributed by atoms with Gasteiger partial charge in [-0.3, -0.25) is 19.8 Å². The number of aromatic nitrogens is 2. The van der Waals surface area contributed by atoms with E-state index in [9.17, 15) is 5.26 Å². The molecule has 0 amide bonds. The second kappa shape index (κ2) is 12.4. The molecule has 6 nitrogen and oxygen atoms in total. The van der Waals surface area contributed by atoms with Gasteiger partial charge >= 0.3 is 0 Å². The fraction of sp³-hybridized carbons (Fsp3) is 0.545. The average molecular weight is 525 g/mol. The molecule has 206 valence electrons. The number of aryl methyl sites for hydroxylation is 3. The molecule has 1 aromatic carbocycles. The zero-order valence-corrected chi connectivity index (χ0v) is 24.2. The minimum Gasteiger partial charge on any atom is -0.368 e. The van der Waals surface area contributed by atoms with E-state index in [2.05, 4.69) is 77.8 Å². The highest BCUT2D eigenvalue weighted by atomic mass is 15.4. The minimum atomic E-state index is 0.494. The highest BCUT2D eigenvalue weighted by molar-refractivity contribution is 5.95. The van der Waals surface area contributed by atoms with Crippen LogP contribution in [0, 0.1) is 18.3 Å². The summed E-state index contributed by atoms with van der Waals surface area (Å²) in [6.45, 7) is 14.7. The Balaban J connectivity index is 1.24. The van der Waals surface area contributed by atoms with Crippen molar-refractivity contribution >= 4 is 16.6 Å². The van der Waals surface area contributed by atoms with Crippen molar-refractivity contribution in [3.8, 4) is 6.07 Å². The lowest BCUT2D eigenvalue weighted by Gasteiger charge is -2.43. The Kier molecular flexibility index (Phi) is 8.79. The van der Waals surface area contributed by atoms with Gasteiger partial charge in [-0.1, -0.05) is 20.3 Å². The highest BCUT2D eigenvalue weighted by Gasteiger charge is 2.41. The molecule has 4 heterocycles. The molecule has 2 aliphatic heterocycles. The van der Waals surface area contributed by atoms with Crippen LogP contribution in [0.25, 0.3) is 10.9 Å². The lowest BCUT2D eigenvalue weighted by Crippen LogP contribution is -2.55. The molecule has 0 N–H and O–H groups in total. The lowest BCUT2D eigenvalue weighted by atomic mass is 10.0. The first kappa shape index (κ1) is 27.6. The maximum Gasteiger partial charge on any atom is 0.101 e. The third-order valence-corrected chi connectivity index (χ3v) is 8.83. The molecule has 0 saturated carbocycles. The van der Waals surface area contributed by atoms with Crippen LogP contribution in [-0.4, -0.2) is 70.6 Å². The third-order valence-electron chi connectivity index (χ3n) is 8.83. The summed E-state index contributed by atoms with van der Waals surface area (Å²) in [7, 11) is 0. The van der Waals surface area contributed by atoms with Crippen molar-refractivity contribution in [3.63, 3.8) is 0 Å². The van der Waals surface area contributed by atoms with Gasteiger partial charge in [-0.05, 0) is 100 Å². The van der Waals surface area contributed by atoms with Crippen molar-refractivity contribution in [2.24, 2.45) is 0 Å². The molecule has 5 rings (SSSR count). The van der Waals surface area contributed by atoms with Crippen LogP contribution in [0.3, 0.4) is 0 Å². The van der Waals surface area contributed by atoms with E-state index in [1.807, 2.05) is 12.1 Å². The summed E-state index contributed by atoms with van der Waals surface area (Å²) in [4.78, 5) is 17.4. The number of benzene rings is 1. The first-order valence-electron chi connectivity index (χ1n) is 15.0. The predicted octanol–water partition coefficient (Wildman–Crippen LogP) is 5.76. The standard InChI is InChI=1S/C33H44N6/c1-5-9-27-20-36-28(17-24(27)3)10-8-16-37(15-6-2)29-18-30-22-38(21-25(4)39(30)23-29)32-13-12-26(19-34)33-31(32)11-7-14-35-33/h7,11-14,17,20,25,29-30H,5-6,8-10,15-16,18,21-23H2,1-4H3. The molecular weight excluding hydrogens is 480 g/mol. The Labute approximate surface area is 234 Å². The van der Waals surface area contributed by atoms with E-state index < -0.39 is 0 Å². The molecule has 3 unspecified atom stereocenters. The fourth-order valence-corrected chi connectivity index (χ4v) is 6.91. The summed E-state index contributed by atoms with van der Waals surface area (Å²) in [5.41, 5.74) is 6.70. The molecule has 6 heteroatoms. The van der Waals surface area contributed by atoms with Crippen molar-refractivity contribution in [1.29, 1.82) is 5.26 Å². The largest absolute Gasteiger partial charge is 0.368 e. The van der Waals surface area contributed by atoms with Crippen LogP contribution in [0.15, 0.2) is 42.7 Å². The van der Waals surface area contributed by atoms with Gasteiger partial charge in [0.15, 0.2) is 0 Å². The molecule has 3 aromatic rings. The van der Waals surface area contributed by atoms with E-state index in [0.717, 1.165) is 56.3 Å². The molecule has 0 radical (unpaired) electrons. The van der Waals surface area contributed by atoms with Crippen LogP contribution in [0.5, 0.6) is 0 Å². The Hall–Kier alpha value is -3.01. The van der Waals surface area contributed by atoms with E-state index in [1.165, 1.54) is 48.3 Å². The first-order valence-corrected chi connectivity index (χ1v) is 15.0. The SMILES string of the molecule is CCCc1cnc(CCCN(CCC)C2CC3CN(c4ccc(C#N)c5ncccc45)CC(C)N3C2)cc1C. The zero-order chi connectivity index (χ0) is 27.4. The quantitative estimate of drug-likeness (QED) is 0.336. The number of rotatable bonds is 10. The maximum atomic E-state index is 9.58. The molecule has 0 bridgehead atoms. The maximum absolute atomic E-state index is 9.58. The Morgan fingerprint density at radius 3 is 2.69 bits per heavy atom. The summed E-state index contributed by atoms with van der Waals surface area (Å²) in [5, 5.41) is 10.7. The number of pyridine rings is 2. The third kappa shape index (κ3) is 5.95. The Bertz CT molecular complexity index is 1310. The second-order valence-corrected chi connectivity index (χ2v) is 11.6. The molecule has 2 aromatic heterocycles. The van der Waals surface area contributed by atoms with Gasteiger partial charge < -0.3 is 4.90 Å². The van der Waals surface area contributed by atoms with Gasteiger partial charge in [-0.25, -0.2) is 0 Å². The van der Waals surface area contributed by atoms with Crippen LogP contribution in [0.4, 0.5) is 5.69 Å². The molecular formula is C33H44N6. The van der Waals surface area contributed by atoms with Crippen LogP contribution >= 0.6 is 0 Å². The number of anilines is 1. The van der Waals surface area contributed by atoms with E-state index >= 15 is 0 Å². The summed E-state index contributed by atoms with van der Waals surface area (Å²) in [6.07, 6.45) is 10.8. The normalized spacial score (nSPS) is 21.4. The summed E-state index contributed by atoms with van der Waals surface area (Å²) >= 11 is 0. The molecule has 2 aliphatic rings. The monoisotopic (exact) mass is 524 g/mol. The predicted molar refractivity (Wildman–Crippen MR) is 160 cm³/mol. The number of fused-ring (bicyclic) bond motifs is 2. The highest BCUT2D eigenvalue weighted by Crippen LogP contribution is 2.34. The van der Waals surface area contributed by atoms with Crippen LogP contribution < -0.4 is 4.90 Å². The van der Waals surface area contributed by atoms with Crippen molar-refractivity contribution in [1.82, 2.24) is 19.8 Å². The number of nitrogens with zero attached hydrogens (tertiary/aromatic N) is 6. The summed E-state index contributed by atoms with van der Waals surface area (Å²) < 4.78 is 0. The Morgan fingerprint density at radius 2 is 1.92 bits per heavy atom. The minimum absolute atomic E-state index is 0.494. The van der Waals surface area contributed by atoms with Crippen molar-refractivity contribution in [2.45, 2.75) is 84.3 Å². The van der Waals surface area contributed by atoms with Gasteiger partial charge in [0.25, 0.3) is 0 Å². The molecule has 3 atom stereocenters. The van der Waals surface area contributed by atoms with Crippen LogP contribution in [0.2, 0.25) is 0 Å². The zero-order valence-electron chi connectivity index (χ0n) is 24.2. The molecule has 39 heavy (non-hydrogen) atoms. The van der Waals surface area contributed by atoms with Crippen LogP contribution in [0.1, 0.15) is 68.8 Å². The molecule has 2 saturated heterocycles. The van der Waals surface area contributed by atoms with E-state index in [1.54, 1.807) is 6.20 Å². The van der Waals surface area contributed by atoms with Gasteiger partial charge in [0, 0.05) is 66.9 Å². The summed E-state index contributed by atoms with van der Waals surface area (Å²) in [5.74, 6) is 0. The molecule has 2 fully saturated rings. The number of piperazine rings is 1.